The fourth-order valence-electron chi connectivity index (χ4n) is 1.18. The van der Waals surface area contributed by atoms with Crippen molar-refractivity contribution in [2.45, 2.75) is 6.18 Å². The first-order chi connectivity index (χ1) is 6.57. The Balaban J connectivity index is 2.63. The summed E-state index contributed by atoms with van der Waals surface area (Å²) < 4.78 is 36.8. The maximum Gasteiger partial charge on any atom is 0.417 e. The Labute approximate surface area is 78.2 Å². The van der Waals surface area contributed by atoms with E-state index in [0.717, 1.165) is 6.07 Å². The highest BCUT2D eigenvalue weighted by Gasteiger charge is 2.30. The summed E-state index contributed by atoms with van der Waals surface area (Å²) in [5.74, 6) is 0. The molecule has 0 unspecified atom stereocenters. The van der Waals surface area contributed by atoms with Crippen molar-refractivity contribution >= 4 is 10.9 Å². The Bertz CT molecular complexity index is 462. The lowest BCUT2D eigenvalue weighted by Crippen LogP contribution is -2.04. The van der Waals surface area contributed by atoms with Gasteiger partial charge in [-0.05, 0) is 24.3 Å². The summed E-state index contributed by atoms with van der Waals surface area (Å²) in [7, 11) is 0. The van der Waals surface area contributed by atoms with Crippen molar-refractivity contribution < 1.29 is 13.2 Å². The summed E-state index contributed by atoms with van der Waals surface area (Å²) in [5.41, 5.74) is -0.251. The van der Waals surface area contributed by atoms with Gasteiger partial charge in [-0.2, -0.15) is 13.2 Å². The second kappa shape index (κ2) is 2.97. The lowest BCUT2D eigenvalue weighted by molar-refractivity contribution is -0.137. The first kappa shape index (κ1) is 8.99. The molecule has 4 heteroatoms. The first-order valence-electron chi connectivity index (χ1n) is 3.91. The van der Waals surface area contributed by atoms with Crippen LogP contribution in [0.3, 0.4) is 0 Å². The number of aromatic nitrogens is 1. The van der Waals surface area contributed by atoms with Crippen LogP contribution in [0.5, 0.6) is 0 Å². The first-order valence-corrected chi connectivity index (χ1v) is 3.91. The highest BCUT2D eigenvalue weighted by Crippen LogP contribution is 2.30. The number of benzene rings is 1. The topological polar surface area (TPSA) is 12.9 Å². The number of nitrogens with zero attached hydrogens (tertiary/aromatic N) is 1. The van der Waals surface area contributed by atoms with Gasteiger partial charge in [-0.15, -0.1) is 0 Å². The molecule has 0 aliphatic carbocycles. The van der Waals surface area contributed by atoms with Crippen molar-refractivity contribution in [1.29, 1.82) is 0 Å². The molecule has 0 saturated carbocycles. The highest BCUT2D eigenvalue weighted by atomic mass is 19.4. The van der Waals surface area contributed by atoms with Gasteiger partial charge in [0.15, 0.2) is 0 Å². The summed E-state index contributed by atoms with van der Waals surface area (Å²) in [6.45, 7) is 0. The Hall–Kier alpha value is -1.58. The largest absolute Gasteiger partial charge is 0.417 e. The van der Waals surface area contributed by atoms with Gasteiger partial charge in [-0.25, -0.2) is 0 Å². The van der Waals surface area contributed by atoms with Crippen LogP contribution in [0.2, 0.25) is 0 Å². The SMILES string of the molecule is FC(F)(F)c1[c]cc2ncccc2c1. The maximum atomic E-state index is 12.3. The fourth-order valence-corrected chi connectivity index (χ4v) is 1.18. The number of fused-ring (bicyclic) bond motifs is 1. The molecule has 0 atom stereocenters. The van der Waals surface area contributed by atoms with Crippen molar-refractivity contribution in [1.82, 2.24) is 4.98 Å². The molecule has 1 aromatic carbocycles. The van der Waals surface area contributed by atoms with Crippen molar-refractivity contribution in [3.8, 4) is 0 Å². The van der Waals surface area contributed by atoms with Gasteiger partial charge in [0.05, 0.1) is 11.1 Å². The second-order valence-electron chi connectivity index (χ2n) is 2.82. The normalized spacial score (nSPS) is 11.9. The van der Waals surface area contributed by atoms with Crippen LogP contribution in [0.1, 0.15) is 5.56 Å². The van der Waals surface area contributed by atoms with Gasteiger partial charge in [0.25, 0.3) is 0 Å². The van der Waals surface area contributed by atoms with Crippen LogP contribution in [0.25, 0.3) is 10.9 Å². The zero-order chi connectivity index (χ0) is 10.2. The van der Waals surface area contributed by atoms with Gasteiger partial charge in [0.1, 0.15) is 0 Å². The molecule has 0 saturated heterocycles. The van der Waals surface area contributed by atoms with E-state index >= 15 is 0 Å². The Morgan fingerprint density at radius 2 is 2.07 bits per heavy atom. The molecule has 0 aliphatic rings. The molecule has 1 aromatic heterocycles. The molecule has 0 N–H and O–H groups in total. The molecule has 0 spiro atoms. The fraction of sp³-hybridized carbons (Fsp3) is 0.100. The summed E-state index contributed by atoms with van der Waals surface area (Å²) in [6.07, 6.45) is -2.81. The molecular weight excluding hydrogens is 191 g/mol. The Morgan fingerprint density at radius 3 is 2.79 bits per heavy atom. The van der Waals surface area contributed by atoms with Crippen LogP contribution < -0.4 is 0 Å². The highest BCUT2D eigenvalue weighted by molar-refractivity contribution is 5.78. The van der Waals surface area contributed by atoms with Gasteiger partial charge in [0, 0.05) is 11.6 Å². The van der Waals surface area contributed by atoms with Gasteiger partial charge >= 0.3 is 6.18 Å². The van der Waals surface area contributed by atoms with Crippen molar-refractivity contribution in [3.05, 3.63) is 42.1 Å². The Kier molecular flexibility index (Phi) is 1.91. The molecule has 0 aliphatic heterocycles. The molecular formula is C10H5F3N. The number of pyridine rings is 1. The molecule has 2 aromatic rings. The van der Waals surface area contributed by atoms with Crippen LogP contribution in [0.4, 0.5) is 13.2 Å². The minimum Gasteiger partial charge on any atom is -0.256 e. The van der Waals surface area contributed by atoms with Gasteiger partial charge in [-0.1, -0.05) is 6.07 Å². The standard InChI is InChI=1S/C10H5F3N/c11-10(12,13)8-3-4-9-7(6-8)2-1-5-14-9/h1-2,4-6H. The third-order valence-electron chi connectivity index (χ3n) is 1.84. The number of rotatable bonds is 0. The molecule has 2 rings (SSSR count). The van der Waals surface area contributed by atoms with E-state index in [1.54, 1.807) is 12.1 Å². The maximum absolute atomic E-state index is 12.3. The van der Waals surface area contributed by atoms with E-state index < -0.39 is 11.7 Å². The number of hydrogen-bond donors (Lipinski definition) is 0. The van der Waals surface area contributed by atoms with Gasteiger partial charge in [-0.3, -0.25) is 4.98 Å². The van der Waals surface area contributed by atoms with Crippen LogP contribution in [0, 0.1) is 6.07 Å². The van der Waals surface area contributed by atoms with Crippen molar-refractivity contribution in [2.24, 2.45) is 0 Å². The third-order valence-corrected chi connectivity index (χ3v) is 1.84. The average Bonchev–Trinajstić information content (AvgIpc) is 2.16. The van der Waals surface area contributed by atoms with E-state index in [-0.39, 0.29) is 0 Å². The third kappa shape index (κ3) is 1.55. The van der Waals surface area contributed by atoms with E-state index in [2.05, 4.69) is 11.1 Å². The summed E-state index contributed by atoms with van der Waals surface area (Å²) in [6, 6.07) is 7.64. The van der Waals surface area contributed by atoms with E-state index in [0.29, 0.717) is 10.9 Å². The van der Waals surface area contributed by atoms with E-state index in [1.807, 2.05) is 0 Å². The summed E-state index contributed by atoms with van der Waals surface area (Å²) in [5, 5.41) is 0.471. The monoisotopic (exact) mass is 196 g/mol. The quantitative estimate of drug-likeness (QED) is 0.631. The van der Waals surface area contributed by atoms with Crippen molar-refractivity contribution in [2.75, 3.05) is 0 Å². The van der Waals surface area contributed by atoms with Gasteiger partial charge < -0.3 is 0 Å². The molecule has 0 bridgehead atoms. The van der Waals surface area contributed by atoms with Crippen LogP contribution in [-0.2, 0) is 6.18 Å². The zero-order valence-electron chi connectivity index (χ0n) is 6.97. The number of hydrogen-bond acceptors (Lipinski definition) is 1. The molecule has 0 fully saturated rings. The summed E-state index contributed by atoms with van der Waals surface area (Å²) >= 11 is 0. The lowest BCUT2D eigenvalue weighted by Gasteiger charge is -2.06. The molecule has 1 nitrogen and oxygen atoms in total. The number of alkyl halides is 3. The predicted octanol–water partition coefficient (Wildman–Crippen LogP) is 3.05. The van der Waals surface area contributed by atoms with E-state index in [4.69, 9.17) is 0 Å². The number of halogens is 3. The minimum absolute atomic E-state index is 0.471. The predicted molar refractivity (Wildman–Crippen MR) is 45.6 cm³/mol. The summed E-state index contributed by atoms with van der Waals surface area (Å²) in [4.78, 5) is 3.91. The molecule has 71 valence electrons. The molecule has 1 radical (unpaired) electrons. The lowest BCUT2D eigenvalue weighted by atomic mass is 10.1. The molecule has 1 heterocycles. The zero-order valence-corrected chi connectivity index (χ0v) is 6.97. The van der Waals surface area contributed by atoms with Crippen LogP contribution in [0.15, 0.2) is 30.5 Å². The van der Waals surface area contributed by atoms with Gasteiger partial charge in [0.2, 0.25) is 0 Å². The Morgan fingerprint density at radius 1 is 1.29 bits per heavy atom. The van der Waals surface area contributed by atoms with E-state index in [1.165, 1.54) is 12.3 Å². The van der Waals surface area contributed by atoms with Crippen LogP contribution >= 0.6 is 0 Å². The van der Waals surface area contributed by atoms with E-state index in [9.17, 15) is 13.2 Å². The second-order valence-corrected chi connectivity index (χ2v) is 2.82. The average molecular weight is 196 g/mol. The minimum atomic E-state index is -4.34. The molecule has 0 amide bonds. The smallest absolute Gasteiger partial charge is 0.256 e. The van der Waals surface area contributed by atoms with Crippen LogP contribution in [-0.4, -0.2) is 4.98 Å². The molecule has 14 heavy (non-hydrogen) atoms. The van der Waals surface area contributed by atoms with Crippen molar-refractivity contribution in [3.63, 3.8) is 0 Å².